The molecular weight excluding hydrogens is 432 g/mol. The predicted molar refractivity (Wildman–Crippen MR) is 118 cm³/mol. The van der Waals surface area contributed by atoms with Gasteiger partial charge in [0.2, 0.25) is 0 Å². The van der Waals surface area contributed by atoms with Crippen LogP contribution in [0.3, 0.4) is 0 Å². The number of nitro benzene ring substituents is 1. The van der Waals surface area contributed by atoms with E-state index in [2.05, 4.69) is 0 Å². The van der Waals surface area contributed by atoms with Crippen molar-refractivity contribution in [1.29, 1.82) is 0 Å². The molecule has 4 rings (SSSR count). The summed E-state index contributed by atoms with van der Waals surface area (Å²) in [6.07, 6.45) is 1.57. The van der Waals surface area contributed by atoms with Gasteiger partial charge in [0.05, 0.1) is 21.1 Å². The highest BCUT2D eigenvalue weighted by Gasteiger charge is 2.29. The third kappa shape index (κ3) is 4.33. The molecule has 3 aromatic rings. The molecule has 0 amide bonds. The molecule has 0 saturated heterocycles. The molecule has 32 heavy (non-hydrogen) atoms. The maximum atomic E-state index is 13.2. The van der Waals surface area contributed by atoms with Gasteiger partial charge in [-0.3, -0.25) is 14.4 Å². The van der Waals surface area contributed by atoms with Gasteiger partial charge in [-0.1, -0.05) is 18.2 Å². The highest BCUT2D eigenvalue weighted by molar-refractivity contribution is 7.92. The molecular formula is C23H20N2O6S. The van der Waals surface area contributed by atoms with Gasteiger partial charge in [-0.05, 0) is 66.4 Å². The minimum absolute atomic E-state index is 0.0480. The molecule has 0 fully saturated rings. The van der Waals surface area contributed by atoms with E-state index in [9.17, 15) is 23.3 Å². The SMILES string of the molecule is O=C(OCc1ccc([N+](=O)[O-])cc1)c1ccc(S(=O)(=O)N2CCCc3ccccc32)cc1. The number of sulfonamides is 1. The predicted octanol–water partition coefficient (Wildman–Crippen LogP) is 4.09. The van der Waals surface area contributed by atoms with Gasteiger partial charge in [0.1, 0.15) is 6.61 Å². The van der Waals surface area contributed by atoms with E-state index in [-0.39, 0.29) is 22.8 Å². The van der Waals surface area contributed by atoms with Gasteiger partial charge in [0.15, 0.2) is 0 Å². The third-order valence-corrected chi connectivity index (χ3v) is 7.09. The summed E-state index contributed by atoms with van der Waals surface area (Å²) in [7, 11) is -3.76. The highest BCUT2D eigenvalue weighted by Crippen LogP contribution is 2.31. The number of rotatable bonds is 6. The van der Waals surface area contributed by atoms with Gasteiger partial charge in [-0.15, -0.1) is 0 Å². The Labute approximate surface area is 185 Å². The van der Waals surface area contributed by atoms with Crippen molar-refractivity contribution in [2.75, 3.05) is 10.8 Å². The Bertz CT molecular complexity index is 1250. The first-order valence-corrected chi connectivity index (χ1v) is 11.4. The number of ether oxygens (including phenoxy) is 1. The van der Waals surface area contributed by atoms with Gasteiger partial charge < -0.3 is 4.74 Å². The van der Waals surface area contributed by atoms with Crippen molar-refractivity contribution in [3.63, 3.8) is 0 Å². The quantitative estimate of drug-likeness (QED) is 0.317. The number of aryl methyl sites for hydroxylation is 1. The first-order chi connectivity index (χ1) is 15.4. The maximum absolute atomic E-state index is 13.2. The first kappa shape index (κ1) is 21.5. The van der Waals surface area contributed by atoms with Crippen LogP contribution in [0, 0.1) is 10.1 Å². The summed E-state index contributed by atoms with van der Waals surface area (Å²) < 4.78 is 33.0. The van der Waals surface area contributed by atoms with E-state index in [1.165, 1.54) is 52.8 Å². The Morgan fingerprint density at radius 3 is 2.38 bits per heavy atom. The van der Waals surface area contributed by atoms with Crippen LogP contribution >= 0.6 is 0 Å². The number of para-hydroxylation sites is 1. The van der Waals surface area contributed by atoms with Gasteiger partial charge in [-0.2, -0.15) is 0 Å². The molecule has 0 unspecified atom stereocenters. The molecule has 1 aliphatic rings. The van der Waals surface area contributed by atoms with E-state index >= 15 is 0 Å². The van der Waals surface area contributed by atoms with E-state index < -0.39 is 20.9 Å². The molecule has 164 valence electrons. The molecule has 0 spiro atoms. The Morgan fingerprint density at radius 2 is 1.69 bits per heavy atom. The summed E-state index contributed by atoms with van der Waals surface area (Å²) in [6, 6.07) is 18.8. The number of nitrogens with zero attached hydrogens (tertiary/aromatic N) is 2. The fourth-order valence-corrected chi connectivity index (χ4v) is 5.13. The fraction of sp³-hybridized carbons (Fsp3) is 0.174. The summed E-state index contributed by atoms with van der Waals surface area (Å²) in [5.41, 5.74) is 2.45. The van der Waals surface area contributed by atoms with Crippen LogP contribution in [0.2, 0.25) is 0 Å². The summed E-state index contributed by atoms with van der Waals surface area (Å²) >= 11 is 0. The zero-order valence-corrected chi connectivity index (χ0v) is 17.8. The number of carbonyl (C=O) groups excluding carboxylic acids is 1. The van der Waals surface area contributed by atoms with Crippen molar-refractivity contribution in [1.82, 2.24) is 0 Å². The minimum atomic E-state index is -3.76. The second-order valence-electron chi connectivity index (χ2n) is 7.33. The van der Waals surface area contributed by atoms with Crippen LogP contribution in [0.25, 0.3) is 0 Å². The van der Waals surface area contributed by atoms with E-state index in [0.717, 1.165) is 18.4 Å². The minimum Gasteiger partial charge on any atom is -0.457 e. The van der Waals surface area contributed by atoms with Crippen LogP contribution in [0.15, 0.2) is 77.7 Å². The molecule has 1 heterocycles. The molecule has 0 bridgehead atoms. The number of hydrogen-bond donors (Lipinski definition) is 0. The Kier molecular flexibility index (Phi) is 5.91. The van der Waals surface area contributed by atoms with E-state index in [1.54, 1.807) is 6.07 Å². The van der Waals surface area contributed by atoms with E-state index in [4.69, 9.17) is 4.74 Å². The average Bonchev–Trinajstić information content (AvgIpc) is 2.82. The van der Waals surface area contributed by atoms with Crippen molar-refractivity contribution in [2.24, 2.45) is 0 Å². The highest BCUT2D eigenvalue weighted by atomic mass is 32.2. The van der Waals surface area contributed by atoms with Crippen LogP contribution in [0.4, 0.5) is 11.4 Å². The monoisotopic (exact) mass is 452 g/mol. The van der Waals surface area contributed by atoms with Crippen molar-refractivity contribution >= 4 is 27.4 Å². The number of hydrogen-bond acceptors (Lipinski definition) is 6. The Morgan fingerprint density at radius 1 is 1.00 bits per heavy atom. The average molecular weight is 452 g/mol. The lowest BCUT2D eigenvalue weighted by Crippen LogP contribution is -2.35. The maximum Gasteiger partial charge on any atom is 0.338 e. The van der Waals surface area contributed by atoms with Crippen LogP contribution in [0.5, 0.6) is 0 Å². The van der Waals surface area contributed by atoms with Crippen molar-refractivity contribution < 1.29 is 22.9 Å². The summed E-state index contributed by atoms with van der Waals surface area (Å²) in [4.78, 5) is 22.6. The Balaban J connectivity index is 1.46. The molecule has 0 N–H and O–H groups in total. The third-order valence-electron chi connectivity index (χ3n) is 5.26. The second kappa shape index (κ2) is 8.80. The van der Waals surface area contributed by atoms with Crippen LogP contribution < -0.4 is 4.31 Å². The molecule has 0 aliphatic carbocycles. The number of anilines is 1. The van der Waals surface area contributed by atoms with Gasteiger partial charge in [0, 0.05) is 18.7 Å². The fourth-order valence-electron chi connectivity index (χ4n) is 3.59. The van der Waals surface area contributed by atoms with Crippen molar-refractivity contribution in [2.45, 2.75) is 24.3 Å². The number of nitro groups is 1. The number of carbonyl (C=O) groups is 1. The number of non-ortho nitro benzene ring substituents is 1. The number of benzene rings is 3. The van der Waals surface area contributed by atoms with Crippen LogP contribution in [-0.4, -0.2) is 25.9 Å². The Hall–Kier alpha value is -3.72. The van der Waals surface area contributed by atoms with Gasteiger partial charge in [0.25, 0.3) is 15.7 Å². The van der Waals surface area contributed by atoms with Crippen molar-refractivity contribution in [3.8, 4) is 0 Å². The lowest BCUT2D eigenvalue weighted by atomic mass is 10.0. The van der Waals surface area contributed by atoms with Gasteiger partial charge >= 0.3 is 5.97 Å². The van der Waals surface area contributed by atoms with Crippen molar-refractivity contribution in [3.05, 3.63) is 99.6 Å². The van der Waals surface area contributed by atoms with Crippen LogP contribution in [0.1, 0.15) is 27.9 Å². The smallest absolute Gasteiger partial charge is 0.338 e. The molecule has 9 heteroatoms. The number of fused-ring (bicyclic) bond motifs is 1. The summed E-state index contributed by atoms with van der Waals surface area (Å²) in [5.74, 6) is -0.615. The van der Waals surface area contributed by atoms with Crippen LogP contribution in [-0.2, 0) is 27.8 Å². The van der Waals surface area contributed by atoms with E-state index in [1.807, 2.05) is 18.2 Å². The molecule has 1 aliphatic heterocycles. The standard InChI is InChI=1S/C23H20N2O6S/c26-23(31-16-17-7-11-20(12-8-17)25(27)28)19-9-13-21(14-10-19)32(29,30)24-15-3-5-18-4-1-2-6-22(18)24/h1-2,4,6-14H,3,5,15-16H2. The topological polar surface area (TPSA) is 107 Å². The van der Waals surface area contributed by atoms with Gasteiger partial charge in [-0.25, -0.2) is 13.2 Å². The zero-order chi connectivity index (χ0) is 22.7. The number of esters is 1. The lowest BCUT2D eigenvalue weighted by Gasteiger charge is -2.30. The molecule has 0 atom stereocenters. The molecule has 0 radical (unpaired) electrons. The molecule has 0 aromatic heterocycles. The van der Waals surface area contributed by atoms with E-state index in [0.29, 0.717) is 17.8 Å². The second-order valence-corrected chi connectivity index (χ2v) is 9.20. The lowest BCUT2D eigenvalue weighted by molar-refractivity contribution is -0.384. The molecule has 3 aromatic carbocycles. The molecule has 8 nitrogen and oxygen atoms in total. The normalized spacial score (nSPS) is 13.3. The zero-order valence-electron chi connectivity index (χ0n) is 17.0. The summed E-state index contributed by atoms with van der Waals surface area (Å²) in [6.45, 7) is 0.347. The summed E-state index contributed by atoms with van der Waals surface area (Å²) in [5, 5.41) is 10.7. The first-order valence-electron chi connectivity index (χ1n) is 9.97. The largest absolute Gasteiger partial charge is 0.457 e. The molecule has 0 saturated carbocycles.